The molecule has 1 aliphatic rings. The van der Waals surface area contributed by atoms with E-state index in [-0.39, 0.29) is 16.9 Å². The van der Waals surface area contributed by atoms with E-state index < -0.39 is 33.8 Å². The van der Waals surface area contributed by atoms with Gasteiger partial charge >= 0.3 is 5.97 Å². The number of sulfonamides is 1. The lowest BCUT2D eigenvalue weighted by atomic mass is 9.94. The van der Waals surface area contributed by atoms with Crippen molar-refractivity contribution in [3.63, 3.8) is 0 Å². The Morgan fingerprint density at radius 2 is 1.68 bits per heavy atom. The van der Waals surface area contributed by atoms with Gasteiger partial charge in [0.15, 0.2) is 0 Å². The van der Waals surface area contributed by atoms with Crippen molar-refractivity contribution in [1.29, 1.82) is 0 Å². The average molecular weight is 438 g/mol. The van der Waals surface area contributed by atoms with Gasteiger partial charge in [0.05, 0.1) is 4.90 Å². The number of carbonyl (C=O) groups is 3. The van der Waals surface area contributed by atoms with Crippen molar-refractivity contribution in [2.45, 2.75) is 17.4 Å². The zero-order valence-electron chi connectivity index (χ0n) is 16.4. The van der Waals surface area contributed by atoms with Crippen LogP contribution in [0.2, 0.25) is 0 Å². The molecule has 1 unspecified atom stereocenters. The zero-order chi connectivity index (χ0) is 22.3. The van der Waals surface area contributed by atoms with E-state index >= 15 is 0 Å². The van der Waals surface area contributed by atoms with Crippen molar-refractivity contribution in [1.82, 2.24) is 9.62 Å². The van der Waals surface area contributed by atoms with Crippen LogP contribution in [-0.2, 0) is 21.2 Å². The van der Waals surface area contributed by atoms with Crippen LogP contribution in [0.1, 0.15) is 26.3 Å². The van der Waals surface area contributed by atoms with E-state index in [4.69, 9.17) is 0 Å². The van der Waals surface area contributed by atoms with E-state index in [1.807, 2.05) is 0 Å². The molecular weight excluding hydrogens is 420 g/mol. The highest BCUT2D eigenvalue weighted by Gasteiger charge is 2.33. The maximum absolute atomic E-state index is 13.0. The van der Waals surface area contributed by atoms with Crippen molar-refractivity contribution in [3.05, 3.63) is 77.4 Å². The molecule has 2 amide bonds. The van der Waals surface area contributed by atoms with Crippen LogP contribution in [-0.4, -0.2) is 49.3 Å². The predicted octanol–water partition coefficient (Wildman–Crippen LogP) is 2.04. The average Bonchev–Trinajstić information content (AvgIpc) is 2.75. The summed E-state index contributed by atoms with van der Waals surface area (Å²) in [7, 11) is -2.95. The Kier molecular flexibility index (Phi) is 5.08. The van der Waals surface area contributed by atoms with Crippen molar-refractivity contribution >= 4 is 38.6 Å². The number of benzene rings is 3. The molecular formula is C22H18N2O6S. The first-order valence-electron chi connectivity index (χ1n) is 9.37. The number of rotatable bonds is 6. The molecule has 2 N–H and O–H groups in total. The lowest BCUT2D eigenvalue weighted by molar-refractivity contribution is -0.138. The standard InChI is InChI=1S/C22H18N2O6S/c1-24-20(25)16-9-5-8-14-11-15(12-17(19(14)16)21(24)26)31(29,30)23-18(22(27)28)10-13-6-3-2-4-7-13/h2-9,11-12,18,23H,10H2,1H3,(H,27,28). The van der Waals surface area contributed by atoms with Gasteiger partial charge in [-0.2, -0.15) is 4.72 Å². The summed E-state index contributed by atoms with van der Waals surface area (Å²) >= 11 is 0. The predicted molar refractivity (Wildman–Crippen MR) is 112 cm³/mol. The van der Waals surface area contributed by atoms with E-state index in [2.05, 4.69) is 4.72 Å². The summed E-state index contributed by atoms with van der Waals surface area (Å²) in [5.74, 6) is -2.41. The maximum atomic E-state index is 13.0. The lowest BCUT2D eigenvalue weighted by Gasteiger charge is -2.24. The Balaban J connectivity index is 1.77. The molecule has 1 aliphatic heterocycles. The van der Waals surface area contributed by atoms with Crippen LogP contribution in [0.5, 0.6) is 0 Å². The number of carbonyl (C=O) groups excluding carboxylic acids is 2. The molecule has 8 nitrogen and oxygen atoms in total. The highest BCUT2D eigenvalue weighted by atomic mass is 32.2. The van der Waals surface area contributed by atoms with Crippen LogP contribution in [0.15, 0.2) is 65.6 Å². The fourth-order valence-corrected chi connectivity index (χ4v) is 4.89. The Morgan fingerprint density at radius 1 is 1.00 bits per heavy atom. The normalized spacial score (nSPS) is 14.7. The SMILES string of the molecule is CN1C(=O)c2cccc3cc(S(=O)(=O)NC(Cc4ccccc4)C(=O)O)cc(c23)C1=O. The molecule has 0 bridgehead atoms. The summed E-state index contributed by atoms with van der Waals surface area (Å²) in [6.45, 7) is 0. The third-order valence-electron chi connectivity index (χ3n) is 5.21. The molecule has 0 aromatic heterocycles. The third-order valence-corrected chi connectivity index (χ3v) is 6.66. The number of carboxylic acid groups (broad SMARTS) is 1. The van der Waals surface area contributed by atoms with Crippen LogP contribution in [0, 0.1) is 0 Å². The molecule has 3 aromatic rings. The van der Waals surface area contributed by atoms with Gasteiger partial charge in [0, 0.05) is 23.6 Å². The van der Waals surface area contributed by atoms with Gasteiger partial charge in [0.25, 0.3) is 11.8 Å². The summed E-state index contributed by atoms with van der Waals surface area (Å²) < 4.78 is 28.3. The summed E-state index contributed by atoms with van der Waals surface area (Å²) in [5.41, 5.74) is 1.04. The van der Waals surface area contributed by atoms with Crippen LogP contribution < -0.4 is 4.72 Å². The molecule has 0 fully saturated rings. The first-order chi connectivity index (χ1) is 14.7. The van der Waals surface area contributed by atoms with Gasteiger partial charge in [-0.15, -0.1) is 0 Å². The van der Waals surface area contributed by atoms with E-state index in [1.165, 1.54) is 19.2 Å². The van der Waals surface area contributed by atoms with E-state index in [0.717, 1.165) is 4.90 Å². The fraction of sp³-hybridized carbons (Fsp3) is 0.136. The van der Waals surface area contributed by atoms with Gasteiger partial charge < -0.3 is 5.11 Å². The molecule has 0 aliphatic carbocycles. The van der Waals surface area contributed by atoms with Gasteiger partial charge in [0.1, 0.15) is 6.04 Å². The number of nitrogens with one attached hydrogen (secondary N) is 1. The zero-order valence-corrected chi connectivity index (χ0v) is 17.2. The molecule has 0 spiro atoms. The number of amides is 2. The topological polar surface area (TPSA) is 121 Å². The van der Waals surface area contributed by atoms with Crippen LogP contribution in [0.3, 0.4) is 0 Å². The summed E-state index contributed by atoms with van der Waals surface area (Å²) in [5, 5.41) is 10.3. The number of imide groups is 1. The Hall–Kier alpha value is -3.56. The van der Waals surface area contributed by atoms with Crippen LogP contribution >= 0.6 is 0 Å². The number of hydrogen-bond donors (Lipinski definition) is 2. The first kappa shape index (κ1) is 20.7. The molecule has 3 aromatic carbocycles. The Labute approximate surface area is 178 Å². The van der Waals surface area contributed by atoms with Crippen molar-refractivity contribution in [3.8, 4) is 0 Å². The Bertz CT molecular complexity index is 1330. The summed E-state index contributed by atoms with van der Waals surface area (Å²) in [6.07, 6.45) is -0.0455. The van der Waals surface area contributed by atoms with Gasteiger partial charge in [-0.05, 0) is 35.6 Å². The van der Waals surface area contributed by atoms with E-state index in [0.29, 0.717) is 21.9 Å². The highest BCUT2D eigenvalue weighted by Crippen LogP contribution is 2.32. The number of nitrogens with zero attached hydrogens (tertiary/aromatic N) is 1. The maximum Gasteiger partial charge on any atom is 0.322 e. The van der Waals surface area contributed by atoms with Gasteiger partial charge in [-0.3, -0.25) is 19.3 Å². The van der Waals surface area contributed by atoms with Crippen molar-refractivity contribution in [2.24, 2.45) is 0 Å². The minimum Gasteiger partial charge on any atom is -0.480 e. The quantitative estimate of drug-likeness (QED) is 0.568. The van der Waals surface area contributed by atoms with E-state index in [9.17, 15) is 27.9 Å². The van der Waals surface area contributed by atoms with Crippen molar-refractivity contribution < 1.29 is 27.9 Å². The van der Waals surface area contributed by atoms with Crippen LogP contribution in [0.25, 0.3) is 10.8 Å². The summed E-state index contributed by atoms with van der Waals surface area (Å²) in [6, 6.07) is 14.5. The minimum atomic E-state index is -4.28. The highest BCUT2D eigenvalue weighted by molar-refractivity contribution is 7.89. The number of hydrogen-bond acceptors (Lipinski definition) is 5. The second kappa shape index (κ2) is 7.60. The second-order valence-corrected chi connectivity index (χ2v) is 8.96. The van der Waals surface area contributed by atoms with Gasteiger partial charge in [-0.25, -0.2) is 8.42 Å². The monoisotopic (exact) mass is 438 g/mol. The number of aliphatic carboxylic acids is 1. The fourth-order valence-electron chi connectivity index (χ4n) is 3.64. The second-order valence-electron chi connectivity index (χ2n) is 7.25. The Morgan fingerprint density at radius 3 is 2.35 bits per heavy atom. The third kappa shape index (κ3) is 3.69. The van der Waals surface area contributed by atoms with Crippen LogP contribution in [0.4, 0.5) is 0 Å². The largest absolute Gasteiger partial charge is 0.480 e. The molecule has 31 heavy (non-hydrogen) atoms. The first-order valence-corrected chi connectivity index (χ1v) is 10.9. The molecule has 9 heteroatoms. The van der Waals surface area contributed by atoms with Crippen molar-refractivity contribution in [2.75, 3.05) is 7.05 Å². The summed E-state index contributed by atoms with van der Waals surface area (Å²) in [4.78, 5) is 37.4. The molecule has 1 heterocycles. The number of carboxylic acids is 1. The smallest absolute Gasteiger partial charge is 0.322 e. The lowest BCUT2D eigenvalue weighted by Crippen LogP contribution is -2.42. The minimum absolute atomic E-state index is 0.0455. The molecule has 1 atom stereocenters. The molecule has 0 saturated heterocycles. The molecule has 0 saturated carbocycles. The van der Waals surface area contributed by atoms with Gasteiger partial charge in [-0.1, -0.05) is 42.5 Å². The van der Waals surface area contributed by atoms with Gasteiger partial charge in [0.2, 0.25) is 10.0 Å². The molecule has 158 valence electrons. The van der Waals surface area contributed by atoms with E-state index in [1.54, 1.807) is 48.5 Å². The molecule has 4 rings (SSSR count). The molecule has 0 radical (unpaired) electrons.